The first kappa shape index (κ1) is 14.4. The molecule has 0 fully saturated rings. The molecule has 0 aromatic heterocycles. The van der Waals surface area contributed by atoms with Crippen LogP contribution in [0.5, 0.6) is 5.75 Å². The van der Waals surface area contributed by atoms with E-state index < -0.39 is 4.92 Å². The van der Waals surface area contributed by atoms with Gasteiger partial charge in [-0.25, -0.2) is 0 Å². The molecule has 100 valence electrons. The lowest BCUT2D eigenvalue weighted by molar-refractivity contribution is -0.385. The number of nitro benzene ring substituents is 1. The zero-order chi connectivity index (χ0) is 13.5. The van der Waals surface area contributed by atoms with E-state index in [1.54, 1.807) is 0 Å². The second kappa shape index (κ2) is 6.93. The van der Waals surface area contributed by atoms with Crippen molar-refractivity contribution >= 4 is 5.69 Å². The van der Waals surface area contributed by atoms with Gasteiger partial charge in [0.25, 0.3) is 0 Å². The Hall–Kier alpha value is -1.66. The lowest BCUT2D eigenvalue weighted by Gasteiger charge is -2.10. The van der Waals surface area contributed by atoms with Gasteiger partial charge in [-0.15, -0.1) is 0 Å². The second-order valence-electron chi connectivity index (χ2n) is 3.99. The fourth-order valence-corrected chi connectivity index (χ4v) is 1.36. The zero-order valence-corrected chi connectivity index (χ0v) is 10.5. The molecule has 1 aromatic carbocycles. The first-order valence-electron chi connectivity index (χ1n) is 5.67. The maximum atomic E-state index is 10.8. The standard InChI is InChI=1S/C12H17NO5/c1-9(2)17-5-6-18-12-7-10(8-14)3-4-11(12)13(15)16/h3-4,7,9,14H,5-6,8H2,1-2H3. The minimum Gasteiger partial charge on any atom is -0.484 e. The number of benzene rings is 1. The molecular weight excluding hydrogens is 238 g/mol. The molecule has 0 saturated heterocycles. The maximum absolute atomic E-state index is 10.8. The molecule has 0 bridgehead atoms. The molecule has 6 nitrogen and oxygen atoms in total. The Morgan fingerprint density at radius 2 is 2.11 bits per heavy atom. The SMILES string of the molecule is CC(C)OCCOc1cc(CO)ccc1[N+](=O)[O-]. The molecular formula is C12H17NO5. The Balaban J connectivity index is 2.69. The van der Waals surface area contributed by atoms with Crippen LogP contribution < -0.4 is 4.74 Å². The number of rotatable bonds is 7. The highest BCUT2D eigenvalue weighted by atomic mass is 16.6. The number of aliphatic hydroxyl groups excluding tert-OH is 1. The van der Waals surface area contributed by atoms with E-state index >= 15 is 0 Å². The first-order chi connectivity index (χ1) is 8.54. The molecule has 0 aliphatic heterocycles. The highest BCUT2D eigenvalue weighted by Crippen LogP contribution is 2.27. The molecule has 0 unspecified atom stereocenters. The predicted octanol–water partition coefficient (Wildman–Crippen LogP) is 1.89. The van der Waals surface area contributed by atoms with Gasteiger partial charge in [-0.05, 0) is 31.5 Å². The van der Waals surface area contributed by atoms with Gasteiger partial charge in [0.15, 0.2) is 5.75 Å². The van der Waals surface area contributed by atoms with Crippen molar-refractivity contribution in [1.29, 1.82) is 0 Å². The summed E-state index contributed by atoms with van der Waals surface area (Å²) in [5.74, 6) is 0.152. The van der Waals surface area contributed by atoms with Gasteiger partial charge < -0.3 is 14.6 Å². The van der Waals surface area contributed by atoms with E-state index in [1.807, 2.05) is 13.8 Å². The minimum absolute atomic E-state index is 0.0901. The fourth-order valence-electron chi connectivity index (χ4n) is 1.36. The Bertz CT molecular complexity index is 405. The van der Waals surface area contributed by atoms with E-state index in [0.29, 0.717) is 12.2 Å². The number of ether oxygens (including phenoxy) is 2. The molecule has 6 heteroatoms. The van der Waals surface area contributed by atoms with Crippen LogP contribution in [0, 0.1) is 10.1 Å². The lowest BCUT2D eigenvalue weighted by Crippen LogP contribution is -2.12. The van der Waals surface area contributed by atoms with Crippen LogP contribution in [0.15, 0.2) is 18.2 Å². The molecule has 0 aliphatic rings. The van der Waals surface area contributed by atoms with Gasteiger partial charge in [-0.3, -0.25) is 10.1 Å². The number of nitro groups is 1. The third-order valence-electron chi connectivity index (χ3n) is 2.20. The van der Waals surface area contributed by atoms with Crippen LogP contribution in [-0.4, -0.2) is 29.3 Å². The van der Waals surface area contributed by atoms with Crippen molar-refractivity contribution in [3.05, 3.63) is 33.9 Å². The normalized spacial score (nSPS) is 10.7. The van der Waals surface area contributed by atoms with Gasteiger partial charge in [0.1, 0.15) is 6.61 Å². The van der Waals surface area contributed by atoms with Crippen LogP contribution in [-0.2, 0) is 11.3 Å². The Kier molecular flexibility index (Phi) is 5.54. The van der Waals surface area contributed by atoms with E-state index in [-0.39, 0.29) is 30.8 Å². The monoisotopic (exact) mass is 255 g/mol. The molecule has 0 aliphatic carbocycles. The first-order valence-corrected chi connectivity index (χ1v) is 5.67. The van der Waals surface area contributed by atoms with Crippen LogP contribution in [0.3, 0.4) is 0 Å². The average molecular weight is 255 g/mol. The average Bonchev–Trinajstić information content (AvgIpc) is 2.33. The van der Waals surface area contributed by atoms with E-state index in [0.717, 1.165) is 0 Å². The highest BCUT2D eigenvalue weighted by molar-refractivity contribution is 5.48. The maximum Gasteiger partial charge on any atom is 0.310 e. The van der Waals surface area contributed by atoms with Crippen LogP contribution in [0.1, 0.15) is 19.4 Å². The van der Waals surface area contributed by atoms with Crippen molar-refractivity contribution in [2.45, 2.75) is 26.6 Å². The second-order valence-corrected chi connectivity index (χ2v) is 3.99. The summed E-state index contributed by atoms with van der Waals surface area (Å²) < 4.78 is 10.6. The lowest BCUT2D eigenvalue weighted by atomic mass is 10.2. The topological polar surface area (TPSA) is 81.8 Å². The third-order valence-corrected chi connectivity index (χ3v) is 2.20. The van der Waals surface area contributed by atoms with Crippen LogP contribution in [0.4, 0.5) is 5.69 Å². The summed E-state index contributed by atoms with van der Waals surface area (Å²) in [6.45, 7) is 4.20. The molecule has 0 amide bonds. The van der Waals surface area contributed by atoms with E-state index in [9.17, 15) is 10.1 Å². The van der Waals surface area contributed by atoms with Crippen molar-refractivity contribution in [2.75, 3.05) is 13.2 Å². The van der Waals surface area contributed by atoms with Crippen molar-refractivity contribution in [3.8, 4) is 5.75 Å². The summed E-state index contributed by atoms with van der Waals surface area (Å²) in [6.07, 6.45) is 0.0901. The quantitative estimate of drug-likeness (QED) is 0.457. The van der Waals surface area contributed by atoms with Gasteiger partial charge in [-0.1, -0.05) is 0 Å². The Morgan fingerprint density at radius 3 is 2.67 bits per heavy atom. The largest absolute Gasteiger partial charge is 0.484 e. The molecule has 0 heterocycles. The summed E-state index contributed by atoms with van der Waals surface area (Å²) >= 11 is 0. The zero-order valence-electron chi connectivity index (χ0n) is 10.5. The van der Waals surface area contributed by atoms with E-state index in [1.165, 1.54) is 18.2 Å². The van der Waals surface area contributed by atoms with Crippen molar-refractivity contribution < 1.29 is 19.5 Å². The van der Waals surface area contributed by atoms with Gasteiger partial charge in [0, 0.05) is 6.07 Å². The molecule has 18 heavy (non-hydrogen) atoms. The van der Waals surface area contributed by atoms with Gasteiger partial charge in [0.05, 0.1) is 24.2 Å². The van der Waals surface area contributed by atoms with Gasteiger partial charge >= 0.3 is 5.69 Å². The molecule has 0 radical (unpaired) electrons. The van der Waals surface area contributed by atoms with Crippen LogP contribution in [0.25, 0.3) is 0 Å². The van der Waals surface area contributed by atoms with Gasteiger partial charge in [-0.2, -0.15) is 0 Å². The summed E-state index contributed by atoms with van der Waals surface area (Å²) in [5.41, 5.74) is 0.456. The summed E-state index contributed by atoms with van der Waals surface area (Å²) in [6, 6.07) is 4.29. The van der Waals surface area contributed by atoms with Crippen molar-refractivity contribution in [1.82, 2.24) is 0 Å². The number of nitrogens with zero attached hydrogens (tertiary/aromatic N) is 1. The Morgan fingerprint density at radius 1 is 1.39 bits per heavy atom. The molecule has 1 aromatic rings. The fraction of sp³-hybridized carbons (Fsp3) is 0.500. The van der Waals surface area contributed by atoms with Crippen LogP contribution >= 0.6 is 0 Å². The van der Waals surface area contributed by atoms with Crippen LogP contribution in [0.2, 0.25) is 0 Å². The summed E-state index contributed by atoms with van der Waals surface area (Å²) in [5, 5.41) is 19.8. The van der Waals surface area contributed by atoms with Crippen molar-refractivity contribution in [3.63, 3.8) is 0 Å². The molecule has 0 spiro atoms. The molecule has 0 saturated carbocycles. The molecule has 1 rings (SSSR count). The van der Waals surface area contributed by atoms with E-state index in [2.05, 4.69) is 0 Å². The number of hydrogen-bond acceptors (Lipinski definition) is 5. The summed E-state index contributed by atoms with van der Waals surface area (Å²) in [7, 11) is 0. The number of aliphatic hydroxyl groups is 1. The third kappa shape index (κ3) is 4.31. The van der Waals surface area contributed by atoms with Gasteiger partial charge in [0.2, 0.25) is 0 Å². The molecule has 0 atom stereocenters. The minimum atomic E-state index is -0.514. The predicted molar refractivity (Wildman–Crippen MR) is 65.6 cm³/mol. The van der Waals surface area contributed by atoms with E-state index in [4.69, 9.17) is 14.6 Å². The molecule has 1 N–H and O–H groups in total. The van der Waals surface area contributed by atoms with Crippen molar-refractivity contribution in [2.24, 2.45) is 0 Å². The Labute approximate surface area is 105 Å². The summed E-state index contributed by atoms with van der Waals surface area (Å²) in [4.78, 5) is 10.3. The number of hydrogen-bond donors (Lipinski definition) is 1. The highest BCUT2D eigenvalue weighted by Gasteiger charge is 2.15. The smallest absolute Gasteiger partial charge is 0.310 e.